The minimum atomic E-state index is 0.691. The van der Waals surface area contributed by atoms with Crippen LogP contribution in [0.5, 0.6) is 0 Å². The Bertz CT molecular complexity index is 664. The topological polar surface area (TPSA) is 31.0 Å². The third-order valence-corrected chi connectivity index (χ3v) is 3.02. The highest BCUT2D eigenvalue weighted by atomic mass is 16.4. The number of fused-ring (bicyclic) bond motifs is 1. The first-order valence-corrected chi connectivity index (χ1v) is 5.81. The van der Waals surface area contributed by atoms with Crippen molar-refractivity contribution in [3.8, 4) is 5.88 Å². The van der Waals surface area contributed by atoms with Crippen molar-refractivity contribution >= 4 is 10.9 Å². The van der Waals surface area contributed by atoms with Crippen LogP contribution in [-0.4, -0.2) is 9.55 Å². The molecule has 0 saturated heterocycles. The normalized spacial score (nSPS) is 11.2. The summed E-state index contributed by atoms with van der Waals surface area (Å²) in [5.41, 5.74) is 2.50. The van der Waals surface area contributed by atoms with Crippen molar-refractivity contribution < 1.29 is 4.42 Å². The van der Waals surface area contributed by atoms with Crippen LogP contribution >= 0.6 is 0 Å². The Morgan fingerprint density at radius 2 is 2.12 bits per heavy atom. The standard InChI is InChI=1S/C14H14N2O/c1-3-11-9-16(14-8-15-10(2)17-14)13-7-5-4-6-12(11)13/h4-9H,3H2,1-2H3. The summed E-state index contributed by atoms with van der Waals surface area (Å²) in [5, 5.41) is 1.28. The van der Waals surface area contributed by atoms with Crippen molar-refractivity contribution in [2.45, 2.75) is 20.3 Å². The molecule has 17 heavy (non-hydrogen) atoms. The number of aryl methyl sites for hydroxylation is 2. The van der Waals surface area contributed by atoms with Crippen molar-refractivity contribution in [1.82, 2.24) is 9.55 Å². The predicted molar refractivity (Wildman–Crippen MR) is 67.5 cm³/mol. The average Bonchev–Trinajstić information content (AvgIpc) is 2.92. The number of para-hydroxylation sites is 1. The Balaban J connectivity index is 2.29. The second kappa shape index (κ2) is 3.77. The van der Waals surface area contributed by atoms with Crippen LogP contribution in [0.15, 0.2) is 41.1 Å². The zero-order valence-electron chi connectivity index (χ0n) is 9.97. The van der Waals surface area contributed by atoms with E-state index in [1.165, 1.54) is 16.5 Å². The smallest absolute Gasteiger partial charge is 0.224 e. The van der Waals surface area contributed by atoms with Crippen LogP contribution in [-0.2, 0) is 6.42 Å². The van der Waals surface area contributed by atoms with Gasteiger partial charge in [0.2, 0.25) is 5.88 Å². The summed E-state index contributed by atoms with van der Waals surface area (Å²) in [6.07, 6.45) is 4.91. The monoisotopic (exact) mass is 226 g/mol. The summed E-state index contributed by atoms with van der Waals surface area (Å²) < 4.78 is 7.65. The van der Waals surface area contributed by atoms with Gasteiger partial charge in [0.25, 0.3) is 0 Å². The molecule has 0 unspecified atom stereocenters. The van der Waals surface area contributed by atoms with E-state index in [-0.39, 0.29) is 0 Å². The molecule has 0 atom stereocenters. The summed E-state index contributed by atoms with van der Waals surface area (Å²) in [4.78, 5) is 4.15. The lowest BCUT2D eigenvalue weighted by molar-refractivity contribution is 0.503. The molecule has 0 fully saturated rings. The number of benzene rings is 1. The van der Waals surface area contributed by atoms with Crippen LogP contribution in [0, 0.1) is 6.92 Å². The summed E-state index contributed by atoms with van der Waals surface area (Å²) in [6, 6.07) is 8.36. The number of aromatic nitrogens is 2. The molecular weight excluding hydrogens is 212 g/mol. The zero-order chi connectivity index (χ0) is 11.8. The van der Waals surface area contributed by atoms with Crippen molar-refractivity contribution in [3.05, 3.63) is 48.1 Å². The van der Waals surface area contributed by atoms with E-state index < -0.39 is 0 Å². The maximum atomic E-state index is 5.59. The van der Waals surface area contributed by atoms with Crippen LogP contribution in [0.25, 0.3) is 16.8 Å². The van der Waals surface area contributed by atoms with E-state index in [1.807, 2.05) is 13.0 Å². The quantitative estimate of drug-likeness (QED) is 0.669. The maximum Gasteiger partial charge on any atom is 0.224 e. The Morgan fingerprint density at radius 1 is 1.29 bits per heavy atom. The third kappa shape index (κ3) is 1.55. The van der Waals surface area contributed by atoms with Crippen LogP contribution in [0.3, 0.4) is 0 Å². The van der Waals surface area contributed by atoms with Crippen LogP contribution in [0.4, 0.5) is 0 Å². The lowest BCUT2D eigenvalue weighted by atomic mass is 10.1. The molecule has 0 radical (unpaired) electrons. The van der Waals surface area contributed by atoms with Crippen LogP contribution in [0.2, 0.25) is 0 Å². The number of hydrogen-bond acceptors (Lipinski definition) is 2. The summed E-state index contributed by atoms with van der Waals surface area (Å²) in [5.74, 6) is 1.47. The van der Waals surface area contributed by atoms with Gasteiger partial charge >= 0.3 is 0 Å². The average molecular weight is 226 g/mol. The molecule has 3 aromatic rings. The maximum absolute atomic E-state index is 5.59. The summed E-state index contributed by atoms with van der Waals surface area (Å²) in [7, 11) is 0. The molecular formula is C14H14N2O. The molecule has 3 nitrogen and oxygen atoms in total. The molecule has 1 aromatic carbocycles. The van der Waals surface area contributed by atoms with Gasteiger partial charge in [-0.1, -0.05) is 25.1 Å². The number of hydrogen-bond donors (Lipinski definition) is 0. The van der Waals surface area contributed by atoms with Gasteiger partial charge in [0.1, 0.15) is 0 Å². The summed E-state index contributed by atoms with van der Waals surface area (Å²) in [6.45, 7) is 4.02. The SMILES string of the molecule is CCc1cn(-c2cnc(C)o2)c2ccccc12. The van der Waals surface area contributed by atoms with Crippen molar-refractivity contribution in [2.24, 2.45) is 0 Å². The molecule has 0 amide bonds. The summed E-state index contributed by atoms with van der Waals surface area (Å²) >= 11 is 0. The van der Waals surface area contributed by atoms with Gasteiger partial charge in [0.15, 0.2) is 5.89 Å². The van der Waals surface area contributed by atoms with Gasteiger partial charge < -0.3 is 4.42 Å². The molecule has 0 bridgehead atoms. The Labute approximate surface area is 99.7 Å². The van der Waals surface area contributed by atoms with Gasteiger partial charge in [-0.25, -0.2) is 4.98 Å². The minimum absolute atomic E-state index is 0.691. The molecule has 0 aliphatic heterocycles. The highest BCUT2D eigenvalue weighted by molar-refractivity contribution is 5.85. The van der Waals surface area contributed by atoms with Gasteiger partial charge in [-0.15, -0.1) is 0 Å². The molecule has 2 aromatic heterocycles. The molecule has 86 valence electrons. The zero-order valence-corrected chi connectivity index (χ0v) is 9.97. The van der Waals surface area contributed by atoms with Crippen LogP contribution in [0.1, 0.15) is 18.4 Å². The molecule has 0 aliphatic rings. The first-order chi connectivity index (χ1) is 8.29. The van der Waals surface area contributed by atoms with Crippen molar-refractivity contribution in [1.29, 1.82) is 0 Å². The van der Waals surface area contributed by atoms with E-state index in [0.29, 0.717) is 5.89 Å². The van der Waals surface area contributed by atoms with E-state index >= 15 is 0 Å². The van der Waals surface area contributed by atoms with Crippen LogP contribution < -0.4 is 0 Å². The minimum Gasteiger partial charge on any atom is -0.425 e. The molecule has 0 spiro atoms. The van der Waals surface area contributed by atoms with E-state index in [4.69, 9.17) is 4.42 Å². The second-order valence-electron chi connectivity index (χ2n) is 4.11. The fourth-order valence-corrected chi connectivity index (χ4v) is 2.18. The first kappa shape index (κ1) is 10.1. The molecule has 0 N–H and O–H groups in total. The second-order valence-corrected chi connectivity index (χ2v) is 4.11. The highest BCUT2D eigenvalue weighted by Crippen LogP contribution is 2.25. The Hall–Kier alpha value is -2.03. The lowest BCUT2D eigenvalue weighted by Gasteiger charge is -1.98. The molecule has 3 heteroatoms. The van der Waals surface area contributed by atoms with E-state index in [0.717, 1.165) is 12.3 Å². The van der Waals surface area contributed by atoms with Crippen molar-refractivity contribution in [3.63, 3.8) is 0 Å². The molecule has 2 heterocycles. The van der Waals surface area contributed by atoms with Crippen molar-refractivity contribution in [2.75, 3.05) is 0 Å². The molecule has 3 rings (SSSR count). The number of nitrogens with zero attached hydrogens (tertiary/aromatic N) is 2. The van der Waals surface area contributed by atoms with Gasteiger partial charge in [0.05, 0.1) is 11.7 Å². The van der Waals surface area contributed by atoms with E-state index in [2.05, 4.69) is 40.9 Å². The first-order valence-electron chi connectivity index (χ1n) is 5.81. The fraction of sp³-hybridized carbons (Fsp3) is 0.214. The van der Waals surface area contributed by atoms with Gasteiger partial charge in [0, 0.05) is 18.5 Å². The predicted octanol–water partition coefficient (Wildman–Crippen LogP) is 3.49. The Kier molecular flexibility index (Phi) is 2.25. The fourth-order valence-electron chi connectivity index (χ4n) is 2.18. The number of rotatable bonds is 2. The molecule has 0 aliphatic carbocycles. The van der Waals surface area contributed by atoms with Gasteiger partial charge in [-0.2, -0.15) is 0 Å². The van der Waals surface area contributed by atoms with Gasteiger partial charge in [-0.3, -0.25) is 4.57 Å². The third-order valence-electron chi connectivity index (χ3n) is 3.02. The largest absolute Gasteiger partial charge is 0.425 e. The van der Waals surface area contributed by atoms with Gasteiger partial charge in [-0.05, 0) is 18.1 Å². The molecule has 0 saturated carbocycles. The van der Waals surface area contributed by atoms with E-state index in [9.17, 15) is 0 Å². The Morgan fingerprint density at radius 3 is 2.82 bits per heavy atom. The lowest BCUT2D eigenvalue weighted by Crippen LogP contribution is -1.88. The van der Waals surface area contributed by atoms with E-state index in [1.54, 1.807) is 6.20 Å². The highest BCUT2D eigenvalue weighted by Gasteiger charge is 2.10. The number of oxazole rings is 1.